The van der Waals surface area contributed by atoms with Gasteiger partial charge in [-0.05, 0) is 42.3 Å². The van der Waals surface area contributed by atoms with Crippen LogP contribution in [0.3, 0.4) is 0 Å². The summed E-state index contributed by atoms with van der Waals surface area (Å²) in [5.41, 5.74) is 3.67. The fraction of sp³-hybridized carbons (Fsp3) is 0.263. The molecule has 0 aliphatic heterocycles. The quantitative estimate of drug-likeness (QED) is 0.593. The molecular formula is C19H21BrN2O2. The molecule has 1 aromatic heterocycles. The average Bonchev–Trinajstić information content (AvgIpc) is 3.02. The lowest BCUT2D eigenvalue weighted by atomic mass is 10.1. The van der Waals surface area contributed by atoms with Gasteiger partial charge in [0.1, 0.15) is 0 Å². The monoisotopic (exact) mass is 388 g/mol. The molecular weight excluding hydrogens is 368 g/mol. The van der Waals surface area contributed by atoms with Crippen LogP contribution < -0.4 is 14.8 Å². The lowest BCUT2D eigenvalue weighted by Crippen LogP contribution is -2.17. The predicted molar refractivity (Wildman–Crippen MR) is 101 cm³/mol. The van der Waals surface area contributed by atoms with Crippen LogP contribution in [0.4, 0.5) is 0 Å². The summed E-state index contributed by atoms with van der Waals surface area (Å²) in [6, 6.07) is 12.3. The third-order valence-corrected chi connectivity index (χ3v) is 4.85. The summed E-state index contributed by atoms with van der Waals surface area (Å²) < 4.78 is 11.7. The standard InChI is InChI=1S/C19H21BrN2O2/c1-23-18-9-14(16(20)10-19(18)24-2)11-21-8-7-13-12-22-17-6-4-3-5-15(13)17/h3-6,9-10,12,21-22H,7-8,11H2,1-2H3. The van der Waals surface area contributed by atoms with E-state index in [1.54, 1.807) is 14.2 Å². The van der Waals surface area contributed by atoms with Crippen molar-refractivity contribution in [2.24, 2.45) is 0 Å². The second-order valence-corrected chi connectivity index (χ2v) is 6.44. The summed E-state index contributed by atoms with van der Waals surface area (Å²) in [5.74, 6) is 1.47. The fourth-order valence-electron chi connectivity index (χ4n) is 2.82. The zero-order valence-electron chi connectivity index (χ0n) is 13.9. The van der Waals surface area contributed by atoms with Gasteiger partial charge in [0.2, 0.25) is 0 Å². The van der Waals surface area contributed by atoms with Gasteiger partial charge in [-0.1, -0.05) is 34.1 Å². The van der Waals surface area contributed by atoms with E-state index >= 15 is 0 Å². The van der Waals surface area contributed by atoms with Crippen LogP contribution >= 0.6 is 15.9 Å². The number of benzene rings is 2. The molecule has 0 radical (unpaired) electrons. The van der Waals surface area contributed by atoms with Crippen molar-refractivity contribution < 1.29 is 9.47 Å². The highest BCUT2D eigenvalue weighted by molar-refractivity contribution is 9.10. The summed E-state index contributed by atoms with van der Waals surface area (Å²) in [6.07, 6.45) is 3.08. The van der Waals surface area contributed by atoms with E-state index in [0.29, 0.717) is 0 Å². The molecule has 0 amide bonds. The van der Waals surface area contributed by atoms with Gasteiger partial charge in [0.15, 0.2) is 11.5 Å². The maximum absolute atomic E-state index is 5.37. The largest absolute Gasteiger partial charge is 0.493 e. The van der Waals surface area contributed by atoms with Gasteiger partial charge in [-0.15, -0.1) is 0 Å². The van der Waals surface area contributed by atoms with E-state index in [2.05, 4.69) is 56.7 Å². The Morgan fingerprint density at radius 2 is 1.79 bits per heavy atom. The molecule has 0 unspecified atom stereocenters. The van der Waals surface area contributed by atoms with Gasteiger partial charge in [0, 0.05) is 28.1 Å². The number of aromatic amines is 1. The highest BCUT2D eigenvalue weighted by Crippen LogP contribution is 2.33. The van der Waals surface area contributed by atoms with Crippen LogP contribution in [0.1, 0.15) is 11.1 Å². The van der Waals surface area contributed by atoms with Crippen LogP contribution in [0.2, 0.25) is 0 Å². The Morgan fingerprint density at radius 1 is 1.04 bits per heavy atom. The van der Waals surface area contributed by atoms with Crippen molar-refractivity contribution in [2.75, 3.05) is 20.8 Å². The van der Waals surface area contributed by atoms with Gasteiger partial charge >= 0.3 is 0 Å². The molecule has 0 aliphatic rings. The number of aromatic nitrogens is 1. The fourth-order valence-corrected chi connectivity index (χ4v) is 3.28. The van der Waals surface area contributed by atoms with Gasteiger partial charge in [-0.2, -0.15) is 0 Å². The molecule has 0 aliphatic carbocycles. The van der Waals surface area contributed by atoms with Crippen molar-refractivity contribution >= 4 is 26.8 Å². The zero-order valence-corrected chi connectivity index (χ0v) is 15.4. The van der Waals surface area contributed by atoms with E-state index in [9.17, 15) is 0 Å². The van der Waals surface area contributed by atoms with Gasteiger partial charge in [-0.25, -0.2) is 0 Å². The van der Waals surface area contributed by atoms with Crippen molar-refractivity contribution in [3.05, 3.63) is 58.2 Å². The number of nitrogens with one attached hydrogen (secondary N) is 2. The third kappa shape index (κ3) is 3.57. The average molecular weight is 389 g/mol. The molecule has 5 heteroatoms. The molecule has 0 bridgehead atoms. The molecule has 24 heavy (non-hydrogen) atoms. The minimum atomic E-state index is 0.729. The predicted octanol–water partition coefficient (Wildman–Crippen LogP) is 4.28. The van der Waals surface area contributed by atoms with Gasteiger partial charge in [-0.3, -0.25) is 0 Å². The summed E-state index contributed by atoms with van der Waals surface area (Å²) in [7, 11) is 3.30. The summed E-state index contributed by atoms with van der Waals surface area (Å²) in [6.45, 7) is 1.67. The highest BCUT2D eigenvalue weighted by Gasteiger charge is 2.09. The molecule has 0 fully saturated rings. The number of para-hydroxylation sites is 1. The lowest BCUT2D eigenvalue weighted by molar-refractivity contribution is 0.354. The molecule has 4 nitrogen and oxygen atoms in total. The van der Waals surface area contributed by atoms with Gasteiger partial charge in [0.05, 0.1) is 14.2 Å². The number of hydrogen-bond donors (Lipinski definition) is 2. The maximum Gasteiger partial charge on any atom is 0.161 e. The Hall–Kier alpha value is -1.98. The molecule has 3 rings (SSSR count). The Kier molecular flexibility index (Phi) is 5.43. The number of rotatable bonds is 7. The molecule has 3 aromatic rings. The minimum absolute atomic E-state index is 0.729. The van der Waals surface area contributed by atoms with Crippen LogP contribution in [-0.2, 0) is 13.0 Å². The number of methoxy groups -OCH3 is 2. The summed E-state index contributed by atoms with van der Waals surface area (Å²) in [5, 5.41) is 4.79. The second-order valence-electron chi connectivity index (χ2n) is 5.58. The first-order chi connectivity index (χ1) is 11.7. The van der Waals surface area contributed by atoms with Crippen molar-refractivity contribution in [1.82, 2.24) is 10.3 Å². The second kappa shape index (κ2) is 7.73. The number of hydrogen-bond acceptors (Lipinski definition) is 3. The molecule has 0 atom stereocenters. The minimum Gasteiger partial charge on any atom is -0.493 e. The first-order valence-corrected chi connectivity index (χ1v) is 8.68. The molecule has 0 saturated carbocycles. The van der Waals surface area contributed by atoms with E-state index in [4.69, 9.17) is 9.47 Å². The van der Waals surface area contributed by atoms with Crippen LogP contribution in [-0.4, -0.2) is 25.7 Å². The van der Waals surface area contributed by atoms with Crippen LogP contribution in [0, 0.1) is 0 Å². The number of fused-ring (bicyclic) bond motifs is 1. The molecule has 126 valence electrons. The topological polar surface area (TPSA) is 46.3 Å². The number of halogens is 1. The first-order valence-electron chi connectivity index (χ1n) is 7.89. The van der Waals surface area contributed by atoms with E-state index in [1.807, 2.05) is 12.1 Å². The van der Waals surface area contributed by atoms with E-state index in [1.165, 1.54) is 16.5 Å². The number of ether oxygens (including phenoxy) is 2. The SMILES string of the molecule is COc1cc(Br)c(CNCCc2c[nH]c3ccccc23)cc1OC. The Bertz CT molecular complexity index is 829. The highest BCUT2D eigenvalue weighted by atomic mass is 79.9. The Labute approximate surface area is 150 Å². The smallest absolute Gasteiger partial charge is 0.161 e. The Morgan fingerprint density at radius 3 is 2.58 bits per heavy atom. The summed E-state index contributed by atoms with van der Waals surface area (Å²) in [4.78, 5) is 3.32. The van der Waals surface area contributed by atoms with Crippen LogP contribution in [0.5, 0.6) is 11.5 Å². The van der Waals surface area contributed by atoms with E-state index in [-0.39, 0.29) is 0 Å². The molecule has 0 spiro atoms. The number of H-pyrrole nitrogens is 1. The van der Waals surface area contributed by atoms with Gasteiger partial charge in [0.25, 0.3) is 0 Å². The van der Waals surface area contributed by atoms with E-state index in [0.717, 1.165) is 41.0 Å². The molecule has 1 heterocycles. The summed E-state index contributed by atoms with van der Waals surface area (Å²) >= 11 is 3.59. The molecule has 2 aromatic carbocycles. The first kappa shape index (κ1) is 16.9. The van der Waals surface area contributed by atoms with Crippen molar-refractivity contribution in [2.45, 2.75) is 13.0 Å². The Balaban J connectivity index is 1.60. The van der Waals surface area contributed by atoms with Crippen molar-refractivity contribution in [1.29, 1.82) is 0 Å². The normalized spacial score (nSPS) is 11.0. The van der Waals surface area contributed by atoms with Crippen LogP contribution in [0.15, 0.2) is 47.1 Å². The zero-order chi connectivity index (χ0) is 16.9. The third-order valence-electron chi connectivity index (χ3n) is 4.11. The molecule has 0 saturated heterocycles. The van der Waals surface area contributed by atoms with E-state index < -0.39 is 0 Å². The maximum atomic E-state index is 5.37. The van der Waals surface area contributed by atoms with Crippen LogP contribution in [0.25, 0.3) is 10.9 Å². The lowest BCUT2D eigenvalue weighted by Gasteiger charge is -2.12. The molecule has 2 N–H and O–H groups in total. The van der Waals surface area contributed by atoms with Crippen molar-refractivity contribution in [3.63, 3.8) is 0 Å². The van der Waals surface area contributed by atoms with Crippen molar-refractivity contribution in [3.8, 4) is 11.5 Å². The van der Waals surface area contributed by atoms with Gasteiger partial charge < -0.3 is 19.8 Å².